The summed E-state index contributed by atoms with van der Waals surface area (Å²) in [5.41, 5.74) is 0. The lowest BCUT2D eigenvalue weighted by atomic mass is 10.2. The van der Waals surface area contributed by atoms with Crippen LogP contribution in [0.2, 0.25) is 0 Å². The quantitative estimate of drug-likeness (QED) is 0.919. The van der Waals surface area contributed by atoms with Gasteiger partial charge < -0.3 is 5.32 Å². The Bertz CT molecular complexity index is 527. The van der Waals surface area contributed by atoms with Gasteiger partial charge in [0.2, 0.25) is 10.0 Å². The molecule has 1 aliphatic rings. The third-order valence-electron chi connectivity index (χ3n) is 2.99. The second-order valence-electron chi connectivity index (χ2n) is 4.22. The van der Waals surface area contributed by atoms with E-state index in [1.54, 1.807) is 23.6 Å². The van der Waals surface area contributed by atoms with Gasteiger partial charge in [-0.25, -0.2) is 13.4 Å². The molecule has 7 heteroatoms. The molecule has 0 bridgehead atoms. The van der Waals surface area contributed by atoms with Crippen LogP contribution in [0.1, 0.15) is 19.3 Å². The van der Waals surface area contributed by atoms with Crippen LogP contribution < -0.4 is 5.32 Å². The maximum atomic E-state index is 12.5. The molecule has 0 radical (unpaired) electrons. The number of nitrogens with zero attached hydrogens (tertiary/aromatic N) is 2. The van der Waals surface area contributed by atoms with Crippen molar-refractivity contribution in [3.05, 3.63) is 16.7 Å². The van der Waals surface area contributed by atoms with Crippen LogP contribution in [0, 0.1) is 0 Å². The number of nitrogens with one attached hydrogen (secondary N) is 1. The van der Waals surface area contributed by atoms with Crippen molar-refractivity contribution < 1.29 is 8.42 Å². The highest BCUT2D eigenvalue weighted by atomic mass is 79.9. The molecule has 1 fully saturated rings. The Morgan fingerprint density at radius 1 is 1.33 bits per heavy atom. The minimum atomic E-state index is -3.45. The molecule has 1 N–H and O–H groups in total. The summed E-state index contributed by atoms with van der Waals surface area (Å²) in [6.07, 6.45) is 4.54. The topological polar surface area (TPSA) is 62.3 Å². The first-order chi connectivity index (χ1) is 8.55. The molecule has 1 aromatic rings. The normalized spacial score (nSPS) is 17.7. The smallest absolute Gasteiger partial charge is 0.246 e. The molecular weight excluding hydrogens is 318 g/mol. The fourth-order valence-corrected chi connectivity index (χ4v) is 4.22. The van der Waals surface area contributed by atoms with Gasteiger partial charge in [-0.3, -0.25) is 0 Å². The highest BCUT2D eigenvalue weighted by Gasteiger charge is 2.28. The molecule has 1 aliphatic heterocycles. The monoisotopic (exact) mass is 333 g/mol. The van der Waals surface area contributed by atoms with E-state index >= 15 is 0 Å². The molecule has 2 rings (SSSR count). The van der Waals surface area contributed by atoms with Crippen LogP contribution in [-0.4, -0.2) is 37.8 Å². The van der Waals surface area contributed by atoms with Crippen LogP contribution >= 0.6 is 15.9 Å². The van der Waals surface area contributed by atoms with Gasteiger partial charge in [0.1, 0.15) is 10.7 Å². The minimum absolute atomic E-state index is 0.237. The Kier molecular flexibility index (Phi) is 4.24. The molecule has 1 aromatic heterocycles. The van der Waals surface area contributed by atoms with Gasteiger partial charge in [-0.1, -0.05) is 6.42 Å². The van der Waals surface area contributed by atoms with Gasteiger partial charge in [0.25, 0.3) is 0 Å². The van der Waals surface area contributed by atoms with E-state index in [-0.39, 0.29) is 4.90 Å². The molecule has 0 aromatic carbocycles. The van der Waals surface area contributed by atoms with Crippen LogP contribution in [0.25, 0.3) is 0 Å². The number of hydrogen-bond acceptors (Lipinski definition) is 4. The number of hydrogen-bond donors (Lipinski definition) is 1. The number of rotatable bonds is 3. The van der Waals surface area contributed by atoms with E-state index in [1.165, 1.54) is 0 Å². The van der Waals surface area contributed by atoms with Crippen molar-refractivity contribution in [1.82, 2.24) is 9.29 Å². The molecule has 0 unspecified atom stereocenters. The molecule has 0 aliphatic carbocycles. The van der Waals surface area contributed by atoms with Gasteiger partial charge in [-0.2, -0.15) is 4.31 Å². The molecule has 0 saturated carbocycles. The number of aromatic nitrogens is 1. The van der Waals surface area contributed by atoms with Crippen LogP contribution in [-0.2, 0) is 10.0 Å². The minimum Gasteiger partial charge on any atom is -0.372 e. The largest absolute Gasteiger partial charge is 0.372 e. The molecule has 5 nitrogen and oxygen atoms in total. The zero-order chi connectivity index (χ0) is 13.2. The summed E-state index contributed by atoms with van der Waals surface area (Å²) >= 11 is 3.27. The third-order valence-corrected chi connectivity index (χ3v) is 5.33. The highest BCUT2D eigenvalue weighted by molar-refractivity contribution is 9.10. The highest BCUT2D eigenvalue weighted by Crippen LogP contribution is 2.27. The molecule has 0 amide bonds. The lowest BCUT2D eigenvalue weighted by molar-refractivity contribution is 0.346. The molecule has 2 heterocycles. The number of piperidine rings is 1. The van der Waals surface area contributed by atoms with Gasteiger partial charge >= 0.3 is 0 Å². The SMILES string of the molecule is CNc1ncc(Br)cc1S(=O)(=O)N1CCCCC1. The van der Waals surface area contributed by atoms with E-state index in [4.69, 9.17) is 0 Å². The Morgan fingerprint density at radius 3 is 2.61 bits per heavy atom. The number of halogens is 1. The molecule has 1 saturated heterocycles. The maximum Gasteiger partial charge on any atom is 0.246 e. The lowest BCUT2D eigenvalue weighted by Gasteiger charge is -2.26. The first kappa shape index (κ1) is 13.8. The molecular formula is C11H16BrN3O2S. The van der Waals surface area contributed by atoms with E-state index in [2.05, 4.69) is 26.2 Å². The first-order valence-corrected chi connectivity index (χ1v) is 8.12. The van der Waals surface area contributed by atoms with Crippen LogP contribution in [0.5, 0.6) is 0 Å². The summed E-state index contributed by atoms with van der Waals surface area (Å²) in [5, 5.41) is 2.83. The molecule has 0 spiro atoms. The van der Waals surface area contributed by atoms with Gasteiger partial charge in [0.15, 0.2) is 0 Å². The first-order valence-electron chi connectivity index (χ1n) is 5.89. The zero-order valence-electron chi connectivity index (χ0n) is 10.2. The van der Waals surface area contributed by atoms with Crippen LogP contribution in [0.4, 0.5) is 5.82 Å². The van der Waals surface area contributed by atoms with Crippen molar-refractivity contribution in [3.63, 3.8) is 0 Å². The third kappa shape index (κ3) is 2.67. The van der Waals surface area contributed by atoms with Gasteiger partial charge in [-0.15, -0.1) is 0 Å². The Morgan fingerprint density at radius 2 is 2.00 bits per heavy atom. The second kappa shape index (κ2) is 5.54. The summed E-state index contributed by atoms with van der Waals surface area (Å²) in [7, 11) is -1.78. The summed E-state index contributed by atoms with van der Waals surface area (Å²) < 4.78 is 27.3. The fourth-order valence-electron chi connectivity index (χ4n) is 2.05. The van der Waals surface area contributed by atoms with Crippen LogP contribution in [0.15, 0.2) is 21.6 Å². The average molecular weight is 334 g/mol. The maximum absolute atomic E-state index is 12.5. The van der Waals surface area contributed by atoms with Crippen molar-refractivity contribution >= 4 is 31.8 Å². The van der Waals surface area contributed by atoms with Crippen molar-refractivity contribution in [2.45, 2.75) is 24.2 Å². The molecule has 0 atom stereocenters. The number of pyridine rings is 1. The Labute approximate surface area is 116 Å². The van der Waals surface area contributed by atoms with Gasteiger partial charge in [0.05, 0.1) is 0 Å². The summed E-state index contributed by atoms with van der Waals surface area (Å²) in [6, 6.07) is 1.60. The van der Waals surface area contributed by atoms with E-state index in [1.807, 2.05) is 0 Å². The lowest BCUT2D eigenvalue weighted by Crippen LogP contribution is -2.36. The van der Waals surface area contributed by atoms with E-state index in [0.717, 1.165) is 19.3 Å². The van der Waals surface area contributed by atoms with Crippen molar-refractivity contribution in [2.24, 2.45) is 0 Å². The zero-order valence-corrected chi connectivity index (χ0v) is 12.6. The standard InChI is InChI=1S/C11H16BrN3O2S/c1-13-11-10(7-9(12)8-14-11)18(16,17)15-5-3-2-4-6-15/h7-8H,2-6H2,1H3,(H,13,14). The predicted molar refractivity (Wildman–Crippen MR) is 74.1 cm³/mol. The summed E-state index contributed by atoms with van der Waals surface area (Å²) in [4.78, 5) is 4.33. The second-order valence-corrected chi connectivity index (χ2v) is 7.04. The van der Waals surface area contributed by atoms with E-state index in [0.29, 0.717) is 23.4 Å². The Hall–Kier alpha value is -0.660. The number of anilines is 1. The van der Waals surface area contributed by atoms with Gasteiger partial charge in [0, 0.05) is 30.8 Å². The number of sulfonamides is 1. The predicted octanol–water partition coefficient (Wildman–Crippen LogP) is 2.06. The average Bonchev–Trinajstić information content (AvgIpc) is 2.39. The van der Waals surface area contributed by atoms with Crippen molar-refractivity contribution in [2.75, 3.05) is 25.5 Å². The molecule has 18 heavy (non-hydrogen) atoms. The van der Waals surface area contributed by atoms with E-state index < -0.39 is 10.0 Å². The summed E-state index contributed by atoms with van der Waals surface area (Å²) in [6.45, 7) is 1.19. The van der Waals surface area contributed by atoms with Gasteiger partial charge in [-0.05, 0) is 34.8 Å². The van der Waals surface area contributed by atoms with Crippen molar-refractivity contribution in [1.29, 1.82) is 0 Å². The fraction of sp³-hybridized carbons (Fsp3) is 0.545. The van der Waals surface area contributed by atoms with Crippen molar-refractivity contribution in [3.8, 4) is 0 Å². The Balaban J connectivity index is 2.42. The molecule has 100 valence electrons. The van der Waals surface area contributed by atoms with E-state index in [9.17, 15) is 8.42 Å². The summed E-state index contributed by atoms with van der Waals surface area (Å²) in [5.74, 6) is 0.392. The van der Waals surface area contributed by atoms with Crippen LogP contribution in [0.3, 0.4) is 0 Å².